The van der Waals surface area contributed by atoms with Crippen LogP contribution in [-0.4, -0.2) is 12.7 Å². The van der Waals surface area contributed by atoms with Gasteiger partial charge in [0.05, 0.1) is 12.7 Å². The first-order chi connectivity index (χ1) is 16.5. The van der Waals surface area contributed by atoms with E-state index in [9.17, 15) is 13.2 Å². The van der Waals surface area contributed by atoms with Crippen molar-refractivity contribution in [2.75, 3.05) is 6.61 Å². The minimum atomic E-state index is -0.790. The first-order valence-electron chi connectivity index (χ1n) is 11.6. The molecule has 1 aliphatic carbocycles. The largest absolute Gasteiger partial charge is 0.486 e. The van der Waals surface area contributed by atoms with Crippen LogP contribution in [0.1, 0.15) is 48.3 Å². The van der Waals surface area contributed by atoms with Gasteiger partial charge < -0.3 is 9.47 Å². The Kier molecular flexibility index (Phi) is 7.73. The molecule has 0 amide bonds. The fourth-order valence-electron chi connectivity index (χ4n) is 4.49. The molecule has 0 aliphatic heterocycles. The second-order valence-corrected chi connectivity index (χ2v) is 8.85. The molecule has 0 radical (unpaired) electrons. The van der Waals surface area contributed by atoms with E-state index in [1.807, 2.05) is 31.2 Å². The number of rotatable bonds is 8. The molecule has 3 aromatic carbocycles. The summed E-state index contributed by atoms with van der Waals surface area (Å²) in [4.78, 5) is 0. The average Bonchev–Trinajstić information content (AvgIpc) is 2.85. The molecular weight excluding hydrogens is 437 g/mol. The van der Waals surface area contributed by atoms with E-state index >= 15 is 0 Å². The highest BCUT2D eigenvalue weighted by Gasteiger charge is 2.27. The summed E-state index contributed by atoms with van der Waals surface area (Å²) in [5, 5.41) is 0. The Hall–Kier alpha value is -3.05. The lowest BCUT2D eigenvalue weighted by Crippen LogP contribution is -2.21. The quantitative estimate of drug-likeness (QED) is 0.314. The monoisotopic (exact) mass is 466 g/mol. The van der Waals surface area contributed by atoms with Crippen LogP contribution in [0.5, 0.6) is 5.75 Å². The second-order valence-electron chi connectivity index (χ2n) is 8.85. The van der Waals surface area contributed by atoms with Crippen LogP contribution in [-0.2, 0) is 11.3 Å². The van der Waals surface area contributed by atoms with Gasteiger partial charge in [0.15, 0.2) is 23.2 Å². The van der Waals surface area contributed by atoms with Crippen LogP contribution in [0.4, 0.5) is 13.2 Å². The zero-order valence-electron chi connectivity index (χ0n) is 19.3. The summed E-state index contributed by atoms with van der Waals surface area (Å²) in [6.45, 7) is 6.05. The van der Waals surface area contributed by atoms with Gasteiger partial charge in [0, 0.05) is 5.56 Å². The minimum absolute atomic E-state index is 0.00995. The highest BCUT2D eigenvalue weighted by molar-refractivity contribution is 5.65. The molecule has 1 fully saturated rings. The van der Waals surface area contributed by atoms with E-state index in [1.54, 1.807) is 30.3 Å². The number of ether oxygens (including phenoxy) is 2. The Bertz CT molecular complexity index is 1130. The molecule has 0 heterocycles. The lowest BCUT2D eigenvalue weighted by molar-refractivity contribution is 0.0130. The molecule has 1 saturated carbocycles. The fraction of sp³-hybridized carbons (Fsp3) is 0.310. The van der Waals surface area contributed by atoms with Crippen molar-refractivity contribution in [1.29, 1.82) is 0 Å². The van der Waals surface area contributed by atoms with Crippen LogP contribution in [0.25, 0.3) is 11.1 Å². The molecule has 0 spiro atoms. The standard InChI is InChI=1S/C29H29F3O2/c1-3-16-33-27-15-6-20(17-26(27)30)18-34-23-11-9-22(10-12-23)25-14-13-24(28(31)29(25)32)21-7-4-19(2)5-8-21/h3-8,13-15,17,22-23H,1,9-12,16,18H2,2H3. The summed E-state index contributed by atoms with van der Waals surface area (Å²) >= 11 is 0. The Morgan fingerprint density at radius 2 is 1.65 bits per heavy atom. The van der Waals surface area contributed by atoms with Crippen LogP contribution < -0.4 is 4.74 Å². The van der Waals surface area contributed by atoms with Gasteiger partial charge in [-0.3, -0.25) is 0 Å². The van der Waals surface area contributed by atoms with E-state index in [4.69, 9.17) is 9.47 Å². The van der Waals surface area contributed by atoms with E-state index in [1.165, 1.54) is 6.07 Å². The van der Waals surface area contributed by atoms with E-state index < -0.39 is 17.5 Å². The number of hydrogen-bond donors (Lipinski definition) is 0. The van der Waals surface area contributed by atoms with Crippen LogP contribution in [0.2, 0.25) is 0 Å². The lowest BCUT2D eigenvalue weighted by atomic mass is 9.82. The third kappa shape index (κ3) is 5.53. The highest BCUT2D eigenvalue weighted by atomic mass is 19.2. The third-order valence-electron chi connectivity index (χ3n) is 6.43. The molecule has 0 N–H and O–H groups in total. The zero-order chi connectivity index (χ0) is 24.1. The molecule has 0 unspecified atom stereocenters. The SMILES string of the molecule is C=CCOc1ccc(COC2CCC(c3ccc(-c4ccc(C)cc4)c(F)c3F)CC2)cc1F. The highest BCUT2D eigenvalue weighted by Crippen LogP contribution is 2.38. The predicted molar refractivity (Wildman–Crippen MR) is 128 cm³/mol. The Morgan fingerprint density at radius 3 is 2.32 bits per heavy atom. The van der Waals surface area contributed by atoms with Crippen molar-refractivity contribution >= 4 is 0 Å². The lowest BCUT2D eigenvalue weighted by Gasteiger charge is -2.29. The second kappa shape index (κ2) is 10.9. The topological polar surface area (TPSA) is 18.5 Å². The van der Waals surface area contributed by atoms with Crippen LogP contribution in [0.15, 0.2) is 67.3 Å². The first-order valence-corrected chi connectivity index (χ1v) is 11.6. The molecule has 0 bridgehead atoms. The molecule has 178 valence electrons. The van der Waals surface area contributed by atoms with E-state index in [2.05, 4.69) is 6.58 Å². The molecular formula is C29H29F3O2. The Morgan fingerprint density at radius 1 is 0.912 bits per heavy atom. The number of benzene rings is 3. The Labute approximate surface area is 199 Å². The summed E-state index contributed by atoms with van der Waals surface area (Å²) < 4.78 is 55.2. The maximum Gasteiger partial charge on any atom is 0.166 e. The van der Waals surface area contributed by atoms with Gasteiger partial charge >= 0.3 is 0 Å². The maximum absolute atomic E-state index is 15.0. The van der Waals surface area contributed by atoms with Gasteiger partial charge in [0.25, 0.3) is 0 Å². The average molecular weight is 467 g/mol. The van der Waals surface area contributed by atoms with Gasteiger partial charge in [0.2, 0.25) is 0 Å². The Balaban J connectivity index is 1.34. The molecule has 0 atom stereocenters. The van der Waals surface area contributed by atoms with Crippen molar-refractivity contribution in [3.8, 4) is 16.9 Å². The van der Waals surface area contributed by atoms with Gasteiger partial charge in [-0.05, 0) is 67.3 Å². The van der Waals surface area contributed by atoms with Gasteiger partial charge in [-0.1, -0.05) is 60.7 Å². The van der Waals surface area contributed by atoms with Crippen molar-refractivity contribution in [1.82, 2.24) is 0 Å². The summed E-state index contributed by atoms with van der Waals surface area (Å²) in [5.41, 5.74) is 3.18. The third-order valence-corrected chi connectivity index (χ3v) is 6.43. The molecule has 0 aromatic heterocycles. The molecule has 0 saturated heterocycles. The maximum atomic E-state index is 15.0. The van der Waals surface area contributed by atoms with Gasteiger partial charge in [0.1, 0.15) is 6.61 Å². The summed E-state index contributed by atoms with van der Waals surface area (Å²) in [6.07, 6.45) is 4.49. The molecule has 34 heavy (non-hydrogen) atoms. The normalized spacial score (nSPS) is 18.0. The zero-order valence-corrected chi connectivity index (χ0v) is 19.3. The van der Waals surface area contributed by atoms with Crippen molar-refractivity contribution in [2.45, 2.75) is 51.2 Å². The van der Waals surface area contributed by atoms with Crippen molar-refractivity contribution < 1.29 is 22.6 Å². The number of aryl methyl sites for hydroxylation is 1. The van der Waals surface area contributed by atoms with E-state index in [0.717, 1.165) is 24.0 Å². The summed E-state index contributed by atoms with van der Waals surface area (Å²) in [5.74, 6) is -1.83. The number of halogens is 3. The summed E-state index contributed by atoms with van der Waals surface area (Å²) in [6, 6.07) is 15.6. The van der Waals surface area contributed by atoms with Crippen LogP contribution in [0, 0.1) is 24.4 Å². The van der Waals surface area contributed by atoms with Gasteiger partial charge in [-0.2, -0.15) is 0 Å². The predicted octanol–water partition coefficient (Wildman–Crippen LogP) is 7.89. The molecule has 3 aromatic rings. The smallest absolute Gasteiger partial charge is 0.166 e. The molecule has 1 aliphatic rings. The van der Waals surface area contributed by atoms with E-state index in [0.29, 0.717) is 30.6 Å². The fourth-order valence-corrected chi connectivity index (χ4v) is 4.49. The first kappa shape index (κ1) is 24.1. The molecule has 2 nitrogen and oxygen atoms in total. The van der Waals surface area contributed by atoms with Crippen LogP contribution >= 0.6 is 0 Å². The summed E-state index contributed by atoms with van der Waals surface area (Å²) in [7, 11) is 0. The van der Waals surface area contributed by atoms with Gasteiger partial charge in [-0.15, -0.1) is 0 Å². The van der Waals surface area contributed by atoms with Gasteiger partial charge in [-0.25, -0.2) is 13.2 Å². The minimum Gasteiger partial charge on any atom is -0.486 e. The van der Waals surface area contributed by atoms with Crippen molar-refractivity contribution in [3.05, 3.63) is 101 Å². The van der Waals surface area contributed by atoms with Crippen LogP contribution in [0.3, 0.4) is 0 Å². The van der Waals surface area contributed by atoms with E-state index in [-0.39, 0.29) is 29.9 Å². The number of hydrogen-bond acceptors (Lipinski definition) is 2. The molecule has 5 heteroatoms. The van der Waals surface area contributed by atoms with Crippen molar-refractivity contribution in [2.24, 2.45) is 0 Å². The molecule has 4 rings (SSSR count). The van der Waals surface area contributed by atoms with Crippen molar-refractivity contribution in [3.63, 3.8) is 0 Å².